The summed E-state index contributed by atoms with van der Waals surface area (Å²) in [5.41, 5.74) is 0. The molecule has 5 atom stereocenters. The molecule has 138 valence electrons. The molecule has 0 heterocycles. The van der Waals surface area contributed by atoms with Gasteiger partial charge < -0.3 is 0 Å². The Bertz CT molecular complexity index is 802. The molecule has 6 heteroatoms. The molecule has 5 rings (SSSR count). The van der Waals surface area contributed by atoms with Gasteiger partial charge in [0.2, 0.25) is 0 Å². The molecule has 4 bridgehead atoms. The molecule has 1 aromatic carbocycles. The third-order valence-corrected chi connectivity index (χ3v) is 19.5. The number of hydrogen-bond acceptors (Lipinski definition) is 3. The van der Waals surface area contributed by atoms with Gasteiger partial charge in [0.1, 0.15) is 0 Å². The van der Waals surface area contributed by atoms with E-state index in [4.69, 9.17) is 5.55 Å². The van der Waals surface area contributed by atoms with Gasteiger partial charge in [0.15, 0.2) is 0 Å². The fourth-order valence-electron chi connectivity index (χ4n) is 5.58. The summed E-state index contributed by atoms with van der Waals surface area (Å²) in [6.07, 6.45) is 3.94. The third kappa shape index (κ3) is 3.25. The van der Waals surface area contributed by atoms with Gasteiger partial charge in [0.25, 0.3) is 0 Å². The van der Waals surface area contributed by atoms with Crippen molar-refractivity contribution < 1.29 is 14.0 Å². The van der Waals surface area contributed by atoms with E-state index in [0.29, 0.717) is 9.35 Å². The zero-order valence-corrected chi connectivity index (χ0v) is 20.3. The Labute approximate surface area is 165 Å². The molecule has 0 saturated heterocycles. The van der Waals surface area contributed by atoms with Crippen molar-refractivity contribution in [3.05, 3.63) is 28.7 Å². The van der Waals surface area contributed by atoms with Crippen LogP contribution in [0.15, 0.2) is 33.6 Å². The van der Waals surface area contributed by atoms with Crippen LogP contribution in [-0.4, -0.2) is 32.9 Å². The Morgan fingerprint density at radius 2 is 1.68 bits per heavy atom. The van der Waals surface area contributed by atoms with Crippen molar-refractivity contribution in [3.8, 4) is 0 Å². The predicted octanol–water partition coefficient (Wildman–Crippen LogP) is 5.44. The van der Waals surface area contributed by atoms with Crippen molar-refractivity contribution >= 4 is 44.4 Å². The SMILES string of the molecule is [2H]C1(OS(=O)(=O)c2ccc(Br)cc2)[C@@H]2CC3C[C@H]1C[C]([Sn]([CH3])([CH3])[CH3])(C3)C2. The van der Waals surface area contributed by atoms with Crippen molar-refractivity contribution in [2.75, 3.05) is 0 Å². The van der Waals surface area contributed by atoms with E-state index in [0.717, 1.165) is 30.2 Å². The molecule has 0 spiro atoms. The van der Waals surface area contributed by atoms with Gasteiger partial charge in [-0.2, -0.15) is 0 Å². The maximum atomic E-state index is 12.9. The number of rotatable bonds is 4. The Morgan fingerprint density at radius 3 is 2.20 bits per heavy atom. The molecule has 25 heavy (non-hydrogen) atoms. The first kappa shape index (κ1) is 17.5. The van der Waals surface area contributed by atoms with Gasteiger partial charge in [0, 0.05) is 0 Å². The van der Waals surface area contributed by atoms with E-state index in [1.54, 1.807) is 24.3 Å². The van der Waals surface area contributed by atoms with Gasteiger partial charge in [-0.3, -0.25) is 0 Å². The molecule has 1 aromatic rings. The number of benzene rings is 1. The van der Waals surface area contributed by atoms with E-state index >= 15 is 0 Å². The third-order valence-electron chi connectivity index (χ3n) is 6.89. The summed E-state index contributed by atoms with van der Waals surface area (Å²) in [7, 11) is -3.93. The molecule has 0 aromatic heterocycles. The summed E-state index contributed by atoms with van der Waals surface area (Å²) in [6, 6.07) is 6.50. The van der Waals surface area contributed by atoms with Crippen molar-refractivity contribution in [2.45, 2.75) is 61.3 Å². The average Bonchev–Trinajstić information content (AvgIpc) is 2.51. The van der Waals surface area contributed by atoms with E-state index in [2.05, 4.69) is 30.7 Å². The summed E-state index contributed by atoms with van der Waals surface area (Å²) in [5, 5.41) is 0. The average molecular weight is 535 g/mol. The normalized spacial score (nSPS) is 41.0. The van der Waals surface area contributed by atoms with Gasteiger partial charge in [0.05, 0.1) is 0 Å². The second-order valence-corrected chi connectivity index (χ2v) is 27.6. The van der Waals surface area contributed by atoms with Crippen LogP contribution >= 0.6 is 15.9 Å². The molecule has 0 radical (unpaired) electrons. The predicted molar refractivity (Wildman–Crippen MR) is 106 cm³/mol. The Hall–Kier alpha value is 0.409. The molecule has 0 N–H and O–H groups in total. The van der Waals surface area contributed by atoms with Crippen molar-refractivity contribution in [1.82, 2.24) is 0 Å². The monoisotopic (exact) mass is 535 g/mol. The van der Waals surface area contributed by atoms with Crippen LogP contribution in [0.25, 0.3) is 0 Å². The first-order valence-corrected chi connectivity index (χ1v) is 21.4. The summed E-state index contributed by atoms with van der Waals surface area (Å²) < 4.78 is 41.8. The van der Waals surface area contributed by atoms with E-state index in [1.165, 1.54) is 6.42 Å². The molecule has 3 unspecified atom stereocenters. The molecule has 4 saturated carbocycles. The van der Waals surface area contributed by atoms with E-state index in [-0.39, 0.29) is 16.7 Å². The molecule has 4 aliphatic rings. The van der Waals surface area contributed by atoms with Crippen LogP contribution in [0, 0.1) is 17.8 Å². The number of halogens is 1. The summed E-state index contributed by atoms with van der Waals surface area (Å²) in [5.74, 6) is 0.769. The Balaban J connectivity index is 1.65. The van der Waals surface area contributed by atoms with Gasteiger partial charge in [-0.05, 0) is 0 Å². The maximum absolute atomic E-state index is 12.9. The molecular weight excluding hydrogens is 507 g/mol. The van der Waals surface area contributed by atoms with E-state index in [1.807, 2.05) is 0 Å². The van der Waals surface area contributed by atoms with Crippen LogP contribution in [0.5, 0.6) is 0 Å². The molecule has 4 aliphatic carbocycles. The van der Waals surface area contributed by atoms with Gasteiger partial charge in [-0.25, -0.2) is 0 Å². The van der Waals surface area contributed by atoms with Crippen molar-refractivity contribution in [3.63, 3.8) is 0 Å². The molecule has 3 nitrogen and oxygen atoms in total. The fourth-order valence-corrected chi connectivity index (χ4v) is 14.4. The van der Waals surface area contributed by atoms with Gasteiger partial charge in [-0.15, -0.1) is 0 Å². The Morgan fingerprint density at radius 1 is 1.12 bits per heavy atom. The van der Waals surface area contributed by atoms with Crippen molar-refractivity contribution in [2.24, 2.45) is 17.8 Å². The van der Waals surface area contributed by atoms with Crippen LogP contribution in [0.3, 0.4) is 0 Å². The van der Waals surface area contributed by atoms with E-state index < -0.39 is 34.6 Å². The minimum absolute atomic E-state index is 0.0508. The molecule has 0 aliphatic heterocycles. The molecular formula is C19H27BrO3SSn. The van der Waals surface area contributed by atoms with Crippen LogP contribution < -0.4 is 0 Å². The first-order chi connectivity index (χ1) is 12.0. The van der Waals surface area contributed by atoms with Gasteiger partial charge in [-0.1, -0.05) is 0 Å². The summed E-state index contributed by atoms with van der Waals surface area (Å²) >= 11 is 1.13. The zero-order chi connectivity index (χ0) is 19.0. The standard InChI is InChI=1S/C16H18BrO3S.3CH3.Sn/c17-14-1-3-15(4-2-14)21(18,19)20-16-12-6-10-5-11(8-12)9-13(16)7-10;;;;/h1-4,10,12-13,16H,5-9H2;3*1H3;/t10?,12-,13+,16?;;;;/i16D;;;;. The van der Waals surface area contributed by atoms with Crippen LogP contribution in [0.1, 0.15) is 33.5 Å². The van der Waals surface area contributed by atoms with Crippen molar-refractivity contribution in [1.29, 1.82) is 0 Å². The second-order valence-electron chi connectivity index (χ2n) is 9.27. The van der Waals surface area contributed by atoms with E-state index in [9.17, 15) is 8.42 Å². The minimum atomic E-state index is -3.93. The number of hydrogen-bond donors (Lipinski definition) is 0. The molecule has 4 fully saturated rings. The topological polar surface area (TPSA) is 43.4 Å². The Kier molecular flexibility index (Phi) is 4.35. The van der Waals surface area contributed by atoms with Crippen LogP contribution in [0.2, 0.25) is 18.2 Å². The van der Waals surface area contributed by atoms with Crippen LogP contribution in [-0.2, 0) is 14.3 Å². The first-order valence-electron chi connectivity index (χ1n) is 9.66. The summed E-state index contributed by atoms with van der Waals surface area (Å²) in [6.45, 7) is 0. The quantitative estimate of drug-likeness (QED) is 0.381. The second kappa shape index (κ2) is 6.21. The zero-order valence-electron chi connectivity index (χ0n) is 16.1. The van der Waals surface area contributed by atoms with Crippen LogP contribution in [0.4, 0.5) is 0 Å². The molecule has 0 amide bonds. The van der Waals surface area contributed by atoms with Gasteiger partial charge >= 0.3 is 166 Å². The fraction of sp³-hybridized carbons (Fsp3) is 0.684. The summed E-state index contributed by atoms with van der Waals surface area (Å²) in [4.78, 5) is 7.66.